The van der Waals surface area contributed by atoms with Crippen molar-refractivity contribution in [1.82, 2.24) is 29.1 Å². The maximum absolute atomic E-state index is 10.5. The highest BCUT2D eigenvalue weighted by atomic mass is 16.3. The molecular formula is C24H19N7O. The van der Waals surface area contributed by atoms with Crippen LogP contribution in [0.5, 0.6) is 0 Å². The number of benzene rings is 2. The van der Waals surface area contributed by atoms with Crippen LogP contribution in [0.2, 0.25) is 0 Å². The van der Waals surface area contributed by atoms with Crippen LogP contribution in [0, 0.1) is 13.5 Å². The maximum Gasteiger partial charge on any atom is 0.237 e. The lowest BCUT2D eigenvalue weighted by Crippen LogP contribution is -2.21. The highest BCUT2D eigenvalue weighted by Gasteiger charge is 2.29. The molecule has 8 heteroatoms. The number of rotatable bonds is 2. The molecule has 0 spiro atoms. The molecular weight excluding hydrogens is 402 g/mol. The molecule has 1 aliphatic carbocycles. The van der Waals surface area contributed by atoms with Crippen LogP contribution in [-0.2, 0) is 0 Å². The third kappa shape index (κ3) is 2.72. The van der Waals surface area contributed by atoms with Crippen LogP contribution in [0.25, 0.3) is 33.0 Å². The van der Waals surface area contributed by atoms with E-state index in [1.807, 2.05) is 31.2 Å². The van der Waals surface area contributed by atoms with E-state index in [-0.39, 0.29) is 6.04 Å². The van der Waals surface area contributed by atoms with Crippen LogP contribution >= 0.6 is 0 Å². The largest absolute Gasteiger partial charge is 0.388 e. The van der Waals surface area contributed by atoms with Gasteiger partial charge in [-0.25, -0.2) is 19.8 Å². The Morgan fingerprint density at radius 1 is 1.03 bits per heavy atom. The summed E-state index contributed by atoms with van der Waals surface area (Å²) >= 11 is 0. The summed E-state index contributed by atoms with van der Waals surface area (Å²) in [4.78, 5) is 22.1. The number of aromatic nitrogens is 6. The van der Waals surface area contributed by atoms with Crippen LogP contribution in [0.1, 0.15) is 41.9 Å². The second-order valence-electron chi connectivity index (χ2n) is 8.05. The molecule has 3 aromatic heterocycles. The van der Waals surface area contributed by atoms with E-state index in [1.165, 1.54) is 0 Å². The van der Waals surface area contributed by atoms with Gasteiger partial charge in [0.1, 0.15) is 17.7 Å². The fourth-order valence-electron chi connectivity index (χ4n) is 4.72. The zero-order chi connectivity index (χ0) is 21.8. The summed E-state index contributed by atoms with van der Waals surface area (Å²) < 4.78 is 3.95. The average molecular weight is 421 g/mol. The number of nitrogens with zero attached hydrogens (tertiary/aromatic N) is 7. The molecule has 1 unspecified atom stereocenters. The van der Waals surface area contributed by atoms with Crippen LogP contribution < -0.4 is 0 Å². The number of imidazole rings is 2. The van der Waals surface area contributed by atoms with Crippen molar-refractivity contribution in [3.63, 3.8) is 0 Å². The number of hydrogen-bond acceptors (Lipinski definition) is 5. The van der Waals surface area contributed by atoms with Gasteiger partial charge in [-0.2, -0.15) is 4.98 Å². The van der Waals surface area contributed by atoms with E-state index < -0.39 is 6.10 Å². The van der Waals surface area contributed by atoms with Crippen molar-refractivity contribution in [1.29, 1.82) is 0 Å². The predicted octanol–water partition coefficient (Wildman–Crippen LogP) is 4.44. The normalized spacial score (nSPS) is 18.0. The molecule has 5 aromatic rings. The molecule has 156 valence electrons. The molecule has 0 amide bonds. The van der Waals surface area contributed by atoms with Gasteiger partial charge >= 0.3 is 0 Å². The minimum absolute atomic E-state index is 0.0376. The van der Waals surface area contributed by atoms with E-state index in [0.717, 1.165) is 45.6 Å². The standard InChI is InChI=1S/C24H19N7O/c1-14-28-19-12-26-24(30-13-27-18-8-7-15(25-2)11-21(18)30)29-23(19)31(14)20-9-10-22(32)17-6-4-3-5-16(17)20/h3-8,11-13,20,22,32H,9-10H2,1H3/t20?,22-/m1/s1. The second kappa shape index (κ2) is 6.97. The van der Waals surface area contributed by atoms with Crippen molar-refractivity contribution < 1.29 is 5.11 Å². The van der Waals surface area contributed by atoms with E-state index in [4.69, 9.17) is 16.5 Å². The summed E-state index contributed by atoms with van der Waals surface area (Å²) in [5, 5.41) is 10.5. The molecule has 0 radical (unpaired) electrons. The monoisotopic (exact) mass is 421 g/mol. The molecule has 1 aliphatic rings. The predicted molar refractivity (Wildman–Crippen MR) is 120 cm³/mol. The van der Waals surface area contributed by atoms with Gasteiger partial charge in [-0.3, -0.25) is 4.57 Å². The lowest BCUT2D eigenvalue weighted by molar-refractivity contribution is 0.147. The summed E-state index contributed by atoms with van der Waals surface area (Å²) in [5.41, 5.74) is 5.63. The van der Waals surface area contributed by atoms with Crippen LogP contribution in [-0.4, -0.2) is 34.2 Å². The number of aryl methyl sites for hydroxylation is 1. The average Bonchev–Trinajstić information content (AvgIpc) is 3.39. The van der Waals surface area contributed by atoms with Gasteiger partial charge in [0.25, 0.3) is 0 Å². The summed E-state index contributed by atoms with van der Waals surface area (Å²) in [7, 11) is 0. The molecule has 2 aromatic carbocycles. The minimum Gasteiger partial charge on any atom is -0.388 e. The van der Waals surface area contributed by atoms with E-state index in [0.29, 0.717) is 18.1 Å². The smallest absolute Gasteiger partial charge is 0.237 e. The zero-order valence-electron chi connectivity index (χ0n) is 17.3. The Morgan fingerprint density at radius 3 is 2.72 bits per heavy atom. The van der Waals surface area contributed by atoms with Crippen molar-refractivity contribution in [3.05, 3.63) is 83.4 Å². The first-order chi connectivity index (χ1) is 15.6. The fourth-order valence-corrected chi connectivity index (χ4v) is 4.72. The van der Waals surface area contributed by atoms with Crippen LogP contribution in [0.3, 0.4) is 0 Å². The lowest BCUT2D eigenvalue weighted by Gasteiger charge is -2.30. The van der Waals surface area contributed by atoms with Gasteiger partial charge < -0.3 is 9.67 Å². The molecule has 0 saturated heterocycles. The van der Waals surface area contributed by atoms with E-state index >= 15 is 0 Å². The van der Waals surface area contributed by atoms with Crippen molar-refractivity contribution in [2.24, 2.45) is 0 Å². The molecule has 0 bridgehead atoms. The van der Waals surface area contributed by atoms with Gasteiger partial charge in [0.05, 0.1) is 35.9 Å². The van der Waals surface area contributed by atoms with Crippen molar-refractivity contribution in [2.75, 3.05) is 0 Å². The van der Waals surface area contributed by atoms with Gasteiger partial charge in [0, 0.05) is 0 Å². The summed E-state index contributed by atoms with van der Waals surface area (Å²) in [6.45, 7) is 9.28. The molecule has 8 nitrogen and oxygen atoms in total. The van der Waals surface area contributed by atoms with Gasteiger partial charge in [-0.05, 0) is 43.0 Å². The quantitative estimate of drug-likeness (QED) is 0.426. The molecule has 6 rings (SSSR count). The van der Waals surface area contributed by atoms with Crippen molar-refractivity contribution in [2.45, 2.75) is 31.9 Å². The van der Waals surface area contributed by atoms with Crippen LogP contribution in [0.4, 0.5) is 5.69 Å². The Morgan fingerprint density at radius 2 is 1.88 bits per heavy atom. The minimum atomic E-state index is -0.448. The lowest BCUT2D eigenvalue weighted by atomic mass is 9.85. The molecule has 1 N–H and O–H groups in total. The Bertz CT molecular complexity index is 1540. The first-order valence-corrected chi connectivity index (χ1v) is 10.5. The summed E-state index contributed by atoms with van der Waals surface area (Å²) in [5.74, 6) is 1.33. The first kappa shape index (κ1) is 18.7. The number of fused-ring (bicyclic) bond motifs is 3. The molecule has 32 heavy (non-hydrogen) atoms. The molecule has 0 aliphatic heterocycles. The van der Waals surface area contributed by atoms with Gasteiger partial charge in [0.15, 0.2) is 11.3 Å². The maximum atomic E-state index is 10.5. The Balaban J connectivity index is 1.54. The first-order valence-electron chi connectivity index (χ1n) is 10.5. The third-order valence-corrected chi connectivity index (χ3v) is 6.21. The topological polar surface area (TPSA) is 86.0 Å². The number of hydrogen-bond donors (Lipinski definition) is 1. The Hall–Kier alpha value is -4.09. The van der Waals surface area contributed by atoms with Gasteiger partial charge in [-0.1, -0.05) is 30.3 Å². The van der Waals surface area contributed by atoms with E-state index in [2.05, 4.69) is 25.4 Å². The van der Waals surface area contributed by atoms with Gasteiger partial charge in [-0.15, -0.1) is 0 Å². The van der Waals surface area contributed by atoms with E-state index in [1.54, 1.807) is 29.2 Å². The highest BCUT2D eigenvalue weighted by Crippen LogP contribution is 2.40. The summed E-state index contributed by atoms with van der Waals surface area (Å²) in [6.07, 6.45) is 4.45. The fraction of sp³-hybridized carbons (Fsp3) is 0.208. The third-order valence-electron chi connectivity index (χ3n) is 6.21. The number of aliphatic hydroxyl groups excluding tert-OH is 1. The molecule has 0 fully saturated rings. The van der Waals surface area contributed by atoms with Crippen molar-refractivity contribution in [3.8, 4) is 5.95 Å². The van der Waals surface area contributed by atoms with Crippen LogP contribution in [0.15, 0.2) is 55.0 Å². The Labute approximate surface area is 183 Å². The summed E-state index contributed by atoms with van der Waals surface area (Å²) in [6, 6.07) is 13.5. The number of aliphatic hydroxyl groups is 1. The molecule has 3 heterocycles. The highest BCUT2D eigenvalue weighted by molar-refractivity contribution is 5.81. The molecule has 2 atom stereocenters. The second-order valence-corrected chi connectivity index (χ2v) is 8.05. The SMILES string of the molecule is [C-]#[N+]c1ccc2ncn(-c3ncc4nc(C)n(C5CC[C@@H](O)c6ccccc65)c4n3)c2c1. The zero-order valence-corrected chi connectivity index (χ0v) is 17.3. The Kier molecular flexibility index (Phi) is 4.06. The van der Waals surface area contributed by atoms with E-state index in [9.17, 15) is 5.11 Å². The molecule has 0 saturated carbocycles. The van der Waals surface area contributed by atoms with Crippen molar-refractivity contribution >= 4 is 27.9 Å². The van der Waals surface area contributed by atoms with Gasteiger partial charge in [0.2, 0.25) is 5.95 Å².